The lowest BCUT2D eigenvalue weighted by Gasteiger charge is -2.05. The summed E-state index contributed by atoms with van der Waals surface area (Å²) in [6, 6.07) is 11.8. The van der Waals surface area contributed by atoms with Gasteiger partial charge in [0.25, 0.3) is 0 Å². The maximum absolute atomic E-state index is 9.02. The molecule has 1 N–H and O–H groups in total. The van der Waals surface area contributed by atoms with Crippen molar-refractivity contribution in [3.8, 4) is 11.1 Å². The third kappa shape index (κ3) is 3.16. The first-order valence-electron chi connectivity index (χ1n) is 9.39. The Morgan fingerprint density at radius 2 is 1.97 bits per heavy atom. The smallest absolute Gasteiger partial charge is 0.177 e. The number of oxime groups is 1. The fraction of sp³-hybridized carbons (Fsp3) is 0.143. The average molecular weight is 398 g/mol. The van der Waals surface area contributed by atoms with Crippen LogP contribution in [0.1, 0.15) is 24.0 Å². The van der Waals surface area contributed by atoms with E-state index in [1.54, 1.807) is 28.3 Å². The fourth-order valence-corrected chi connectivity index (χ4v) is 3.39. The van der Waals surface area contributed by atoms with Gasteiger partial charge >= 0.3 is 0 Å². The second kappa shape index (κ2) is 7.03. The molecule has 0 fully saturated rings. The van der Waals surface area contributed by atoms with Crippen LogP contribution in [0.2, 0.25) is 0 Å². The molecule has 148 valence electrons. The zero-order valence-electron chi connectivity index (χ0n) is 16.4. The Kier molecular flexibility index (Phi) is 4.20. The highest BCUT2D eigenvalue weighted by molar-refractivity contribution is 5.96. The molecule has 0 aliphatic heterocycles. The molecular formula is C21H18N8O. The van der Waals surface area contributed by atoms with Crippen molar-refractivity contribution in [1.82, 2.24) is 34.6 Å². The van der Waals surface area contributed by atoms with Crippen molar-refractivity contribution in [2.75, 3.05) is 0 Å². The molecule has 5 rings (SSSR count). The molecule has 0 radical (unpaired) electrons. The molecule has 0 atom stereocenters. The summed E-state index contributed by atoms with van der Waals surface area (Å²) in [4.78, 5) is 4.58. The lowest BCUT2D eigenvalue weighted by atomic mass is 10.0. The maximum Gasteiger partial charge on any atom is 0.177 e. The summed E-state index contributed by atoms with van der Waals surface area (Å²) >= 11 is 0. The van der Waals surface area contributed by atoms with E-state index in [1.807, 2.05) is 37.8 Å². The van der Waals surface area contributed by atoms with Gasteiger partial charge in [-0.25, -0.2) is 0 Å². The van der Waals surface area contributed by atoms with E-state index in [9.17, 15) is 0 Å². The number of benzene rings is 1. The second-order valence-corrected chi connectivity index (χ2v) is 7.12. The Morgan fingerprint density at radius 1 is 1.07 bits per heavy atom. The molecule has 0 aliphatic rings. The zero-order valence-corrected chi connectivity index (χ0v) is 16.4. The summed E-state index contributed by atoms with van der Waals surface area (Å²) in [5, 5.41) is 30.5. The topological polar surface area (TPSA) is 106 Å². The van der Waals surface area contributed by atoms with Crippen molar-refractivity contribution < 1.29 is 5.21 Å². The SMILES string of the molecule is CC(=NO)c1ccc2nnc(Cc3ccc4ncc(-c5cnn(C)c5)cc4c3)n2n1. The third-order valence-corrected chi connectivity index (χ3v) is 4.99. The van der Waals surface area contributed by atoms with Crippen LogP contribution in [0.25, 0.3) is 27.7 Å². The fourth-order valence-electron chi connectivity index (χ4n) is 3.39. The van der Waals surface area contributed by atoms with Crippen molar-refractivity contribution in [1.29, 1.82) is 0 Å². The molecule has 4 heterocycles. The van der Waals surface area contributed by atoms with Crippen molar-refractivity contribution in [2.45, 2.75) is 13.3 Å². The molecule has 0 saturated carbocycles. The minimum atomic E-state index is 0.427. The van der Waals surface area contributed by atoms with Gasteiger partial charge in [0.05, 0.1) is 11.7 Å². The molecule has 0 amide bonds. The van der Waals surface area contributed by atoms with E-state index in [2.05, 4.69) is 42.7 Å². The van der Waals surface area contributed by atoms with Gasteiger partial charge in [-0.2, -0.15) is 14.7 Å². The summed E-state index contributed by atoms with van der Waals surface area (Å²) in [6.45, 7) is 1.69. The first-order valence-corrected chi connectivity index (χ1v) is 9.39. The molecule has 1 aromatic carbocycles. The van der Waals surface area contributed by atoms with Crippen LogP contribution in [0.5, 0.6) is 0 Å². The highest BCUT2D eigenvalue weighted by Crippen LogP contribution is 2.23. The number of rotatable bonds is 4. The molecule has 4 aromatic heterocycles. The van der Waals surface area contributed by atoms with Gasteiger partial charge in [-0.05, 0) is 42.8 Å². The number of hydrogen-bond donors (Lipinski definition) is 1. The average Bonchev–Trinajstić information content (AvgIpc) is 3.38. The van der Waals surface area contributed by atoms with Gasteiger partial charge in [-0.15, -0.1) is 10.2 Å². The van der Waals surface area contributed by atoms with Gasteiger partial charge in [-0.1, -0.05) is 11.2 Å². The minimum Gasteiger partial charge on any atom is -0.411 e. The number of pyridine rings is 1. The van der Waals surface area contributed by atoms with Gasteiger partial charge in [0, 0.05) is 42.4 Å². The summed E-state index contributed by atoms with van der Waals surface area (Å²) < 4.78 is 3.45. The predicted molar refractivity (Wildman–Crippen MR) is 112 cm³/mol. The van der Waals surface area contributed by atoms with Crippen LogP contribution >= 0.6 is 0 Å². The van der Waals surface area contributed by atoms with E-state index in [0.29, 0.717) is 29.3 Å². The van der Waals surface area contributed by atoms with Crippen LogP contribution in [0.4, 0.5) is 0 Å². The van der Waals surface area contributed by atoms with Crippen LogP contribution in [0.15, 0.2) is 60.1 Å². The Balaban J connectivity index is 1.52. The second-order valence-electron chi connectivity index (χ2n) is 7.12. The molecule has 0 spiro atoms. The number of aryl methyl sites for hydroxylation is 1. The van der Waals surface area contributed by atoms with E-state index < -0.39 is 0 Å². The van der Waals surface area contributed by atoms with Crippen molar-refractivity contribution in [2.24, 2.45) is 12.2 Å². The monoisotopic (exact) mass is 398 g/mol. The Labute approximate surface area is 171 Å². The largest absolute Gasteiger partial charge is 0.411 e. The molecule has 9 heteroatoms. The number of fused-ring (bicyclic) bond motifs is 2. The standard InChI is InChI=1S/C21H18N8O/c1-13(27-30)18-5-6-20-24-25-21(29(20)26-18)8-14-3-4-19-15(7-14)9-16(10-22-19)17-11-23-28(2)12-17/h3-7,9-12,30H,8H2,1-2H3. The molecule has 0 saturated heterocycles. The molecule has 0 bridgehead atoms. The third-order valence-electron chi connectivity index (χ3n) is 4.99. The van der Waals surface area contributed by atoms with Crippen LogP contribution in [0.3, 0.4) is 0 Å². The van der Waals surface area contributed by atoms with Crippen molar-refractivity contribution >= 4 is 22.3 Å². The first-order chi connectivity index (χ1) is 14.6. The van der Waals surface area contributed by atoms with Gasteiger partial charge in [0.1, 0.15) is 11.4 Å². The zero-order chi connectivity index (χ0) is 20.7. The van der Waals surface area contributed by atoms with Gasteiger partial charge in [0.15, 0.2) is 11.5 Å². The van der Waals surface area contributed by atoms with Crippen LogP contribution in [-0.2, 0) is 13.5 Å². The quantitative estimate of drug-likeness (QED) is 0.283. The van der Waals surface area contributed by atoms with Gasteiger partial charge in [-0.3, -0.25) is 9.67 Å². The van der Waals surface area contributed by atoms with Gasteiger partial charge in [0.2, 0.25) is 0 Å². The van der Waals surface area contributed by atoms with Gasteiger partial charge < -0.3 is 5.21 Å². The number of nitrogens with zero attached hydrogens (tertiary/aromatic N) is 8. The van der Waals surface area contributed by atoms with E-state index in [-0.39, 0.29) is 0 Å². The normalized spacial score (nSPS) is 12.1. The maximum atomic E-state index is 9.02. The molecular weight excluding hydrogens is 380 g/mol. The summed E-state index contributed by atoms with van der Waals surface area (Å²) in [7, 11) is 1.90. The number of aromatic nitrogens is 7. The van der Waals surface area contributed by atoms with Crippen LogP contribution in [0, 0.1) is 0 Å². The summed E-state index contributed by atoms with van der Waals surface area (Å²) in [6.07, 6.45) is 6.22. The summed E-state index contributed by atoms with van der Waals surface area (Å²) in [5.74, 6) is 0.702. The minimum absolute atomic E-state index is 0.427. The van der Waals surface area contributed by atoms with Crippen LogP contribution < -0.4 is 0 Å². The molecule has 30 heavy (non-hydrogen) atoms. The lowest BCUT2D eigenvalue weighted by molar-refractivity contribution is 0.319. The van der Waals surface area contributed by atoms with Crippen molar-refractivity contribution in [3.05, 3.63) is 72.1 Å². The molecule has 0 unspecified atom stereocenters. The molecule has 5 aromatic rings. The highest BCUT2D eigenvalue weighted by atomic mass is 16.4. The van der Waals surface area contributed by atoms with Crippen LogP contribution in [-0.4, -0.2) is 45.5 Å². The van der Waals surface area contributed by atoms with E-state index in [1.165, 1.54) is 0 Å². The predicted octanol–water partition coefficient (Wildman–Crippen LogP) is 2.86. The van der Waals surface area contributed by atoms with E-state index in [4.69, 9.17) is 5.21 Å². The highest BCUT2D eigenvalue weighted by Gasteiger charge is 2.11. The molecule has 0 aliphatic carbocycles. The molecule has 9 nitrogen and oxygen atoms in total. The Hall–Kier alpha value is -4.14. The summed E-state index contributed by atoms with van der Waals surface area (Å²) in [5.41, 5.74) is 5.67. The lowest BCUT2D eigenvalue weighted by Crippen LogP contribution is -2.06. The Bertz CT molecular complexity index is 1420. The first kappa shape index (κ1) is 17.9. The van der Waals surface area contributed by atoms with E-state index in [0.717, 1.165) is 27.6 Å². The number of hydrogen-bond acceptors (Lipinski definition) is 7. The van der Waals surface area contributed by atoms with Crippen molar-refractivity contribution in [3.63, 3.8) is 0 Å². The Morgan fingerprint density at radius 3 is 2.77 bits per heavy atom. The van der Waals surface area contributed by atoms with E-state index >= 15 is 0 Å².